The van der Waals surface area contributed by atoms with Crippen molar-refractivity contribution in [2.24, 2.45) is 0 Å². The summed E-state index contributed by atoms with van der Waals surface area (Å²) in [6, 6.07) is 9.51. The van der Waals surface area contributed by atoms with Crippen LogP contribution < -0.4 is 5.32 Å². The number of thioether (sulfide) groups is 1. The van der Waals surface area contributed by atoms with Crippen LogP contribution in [0.15, 0.2) is 39.9 Å². The summed E-state index contributed by atoms with van der Waals surface area (Å²) >= 11 is 3.84. The lowest BCUT2D eigenvalue weighted by Gasteiger charge is -2.27. The molecule has 1 aliphatic rings. The predicted molar refractivity (Wildman–Crippen MR) is 85.1 cm³/mol. The van der Waals surface area contributed by atoms with Crippen LogP contribution in [0, 0.1) is 5.82 Å². The second kappa shape index (κ2) is 6.29. The summed E-state index contributed by atoms with van der Waals surface area (Å²) in [6.45, 7) is 3.23. The molecule has 2 aromatic rings. The van der Waals surface area contributed by atoms with E-state index in [-0.39, 0.29) is 5.82 Å². The Morgan fingerprint density at radius 1 is 1.25 bits per heavy atom. The molecular weight excluding hydrogens is 289 g/mol. The first kappa shape index (κ1) is 14.1. The molecule has 0 saturated heterocycles. The van der Waals surface area contributed by atoms with Crippen LogP contribution in [0.1, 0.15) is 30.5 Å². The molecule has 1 nitrogen and oxygen atoms in total. The quantitative estimate of drug-likeness (QED) is 0.883. The minimum atomic E-state index is -0.164. The molecule has 1 N–H and O–H groups in total. The zero-order chi connectivity index (χ0) is 13.9. The Balaban J connectivity index is 1.58. The van der Waals surface area contributed by atoms with E-state index in [0.29, 0.717) is 11.3 Å². The number of fused-ring (bicyclic) bond motifs is 1. The largest absolute Gasteiger partial charge is 0.309 e. The summed E-state index contributed by atoms with van der Waals surface area (Å²) in [4.78, 5) is 0. The van der Waals surface area contributed by atoms with E-state index in [2.05, 4.69) is 23.7 Å². The molecule has 1 aromatic heterocycles. The van der Waals surface area contributed by atoms with Crippen molar-refractivity contribution in [3.63, 3.8) is 0 Å². The van der Waals surface area contributed by atoms with Crippen LogP contribution in [0.2, 0.25) is 0 Å². The van der Waals surface area contributed by atoms with Crippen molar-refractivity contribution in [3.8, 4) is 0 Å². The maximum atomic E-state index is 12.9. The van der Waals surface area contributed by atoms with Crippen molar-refractivity contribution < 1.29 is 4.39 Å². The minimum Gasteiger partial charge on any atom is -0.309 e. The average Bonchev–Trinajstić information content (AvgIpc) is 2.89. The SMILES string of the molecule is C[C@H]1CC(NCCc2ccc(F)cc2)c2ccsc2S1. The lowest BCUT2D eigenvalue weighted by Crippen LogP contribution is -2.28. The van der Waals surface area contributed by atoms with E-state index in [1.165, 1.54) is 33.9 Å². The standard InChI is InChI=1S/C16H18FNS2/c1-11-10-15(14-7-9-19-16(14)20-11)18-8-6-12-2-4-13(17)5-3-12/h2-5,7,9,11,15,18H,6,8,10H2,1H3/t11-,15?/m0/s1. The Morgan fingerprint density at radius 3 is 2.85 bits per heavy atom. The average molecular weight is 307 g/mol. The van der Waals surface area contributed by atoms with Crippen molar-refractivity contribution in [1.82, 2.24) is 5.32 Å². The number of thiophene rings is 1. The fourth-order valence-electron chi connectivity index (χ4n) is 2.58. The van der Waals surface area contributed by atoms with Crippen LogP contribution in [0.5, 0.6) is 0 Å². The summed E-state index contributed by atoms with van der Waals surface area (Å²) in [5, 5.41) is 6.51. The lowest BCUT2D eigenvalue weighted by atomic mass is 10.0. The van der Waals surface area contributed by atoms with Gasteiger partial charge in [0.25, 0.3) is 0 Å². The molecule has 106 valence electrons. The van der Waals surface area contributed by atoms with E-state index in [1.54, 1.807) is 0 Å². The van der Waals surface area contributed by atoms with Crippen LogP contribution >= 0.6 is 23.1 Å². The maximum absolute atomic E-state index is 12.9. The molecule has 20 heavy (non-hydrogen) atoms. The van der Waals surface area contributed by atoms with Crippen molar-refractivity contribution in [1.29, 1.82) is 0 Å². The third-order valence-electron chi connectivity index (χ3n) is 3.63. The Hall–Kier alpha value is -0.840. The van der Waals surface area contributed by atoms with Crippen LogP contribution in [0.3, 0.4) is 0 Å². The Bertz CT molecular complexity index is 564. The van der Waals surface area contributed by atoms with Gasteiger partial charge in [-0.25, -0.2) is 4.39 Å². The molecule has 3 rings (SSSR count). The zero-order valence-corrected chi connectivity index (χ0v) is 13.1. The minimum absolute atomic E-state index is 0.164. The van der Waals surface area contributed by atoms with Gasteiger partial charge in [0.2, 0.25) is 0 Å². The highest BCUT2D eigenvalue weighted by atomic mass is 32.2. The Morgan fingerprint density at radius 2 is 2.05 bits per heavy atom. The highest BCUT2D eigenvalue weighted by molar-refractivity contribution is 8.01. The van der Waals surface area contributed by atoms with E-state index in [9.17, 15) is 4.39 Å². The molecular formula is C16H18FNS2. The summed E-state index contributed by atoms with van der Waals surface area (Å²) in [6.07, 6.45) is 2.12. The van der Waals surface area contributed by atoms with Crippen LogP contribution in [0.25, 0.3) is 0 Å². The van der Waals surface area contributed by atoms with Gasteiger partial charge in [0.1, 0.15) is 5.82 Å². The van der Waals surface area contributed by atoms with E-state index >= 15 is 0 Å². The first-order chi connectivity index (χ1) is 9.72. The second-order valence-electron chi connectivity index (χ2n) is 5.21. The number of rotatable bonds is 4. The predicted octanol–water partition coefficient (Wildman–Crippen LogP) is 4.64. The first-order valence-electron chi connectivity index (χ1n) is 6.94. The van der Waals surface area contributed by atoms with Crippen LogP contribution in [-0.2, 0) is 6.42 Å². The number of hydrogen-bond acceptors (Lipinski definition) is 3. The van der Waals surface area contributed by atoms with E-state index in [1.807, 2.05) is 35.2 Å². The van der Waals surface area contributed by atoms with Gasteiger partial charge in [-0.05, 0) is 54.1 Å². The van der Waals surface area contributed by atoms with E-state index < -0.39 is 0 Å². The van der Waals surface area contributed by atoms with Gasteiger partial charge in [-0.2, -0.15) is 0 Å². The van der Waals surface area contributed by atoms with Gasteiger partial charge in [0.15, 0.2) is 0 Å². The summed E-state index contributed by atoms with van der Waals surface area (Å²) in [5.41, 5.74) is 2.64. The molecule has 1 aliphatic heterocycles. The van der Waals surface area contributed by atoms with Crippen molar-refractivity contribution in [2.75, 3.05) is 6.54 Å². The van der Waals surface area contributed by atoms with Gasteiger partial charge >= 0.3 is 0 Å². The second-order valence-corrected chi connectivity index (χ2v) is 7.83. The molecule has 0 aliphatic carbocycles. The maximum Gasteiger partial charge on any atom is 0.123 e. The molecule has 1 unspecified atom stereocenters. The van der Waals surface area contributed by atoms with Crippen LogP contribution in [-0.4, -0.2) is 11.8 Å². The Kier molecular flexibility index (Phi) is 4.44. The number of benzene rings is 1. The molecule has 1 aromatic carbocycles. The van der Waals surface area contributed by atoms with Crippen molar-refractivity contribution >= 4 is 23.1 Å². The number of halogens is 1. The number of nitrogens with one attached hydrogen (secondary N) is 1. The third-order valence-corrected chi connectivity index (χ3v) is 5.97. The fourth-order valence-corrected chi connectivity index (χ4v) is 5.15. The summed E-state index contributed by atoms with van der Waals surface area (Å²) < 4.78 is 14.3. The molecule has 0 amide bonds. The zero-order valence-electron chi connectivity index (χ0n) is 11.4. The summed E-state index contributed by atoms with van der Waals surface area (Å²) in [7, 11) is 0. The van der Waals surface area contributed by atoms with Gasteiger partial charge < -0.3 is 5.32 Å². The Labute approximate surface area is 127 Å². The topological polar surface area (TPSA) is 12.0 Å². The van der Waals surface area contributed by atoms with E-state index in [4.69, 9.17) is 0 Å². The molecule has 0 radical (unpaired) electrons. The highest BCUT2D eigenvalue weighted by Crippen LogP contribution is 2.43. The monoisotopic (exact) mass is 307 g/mol. The summed E-state index contributed by atoms with van der Waals surface area (Å²) in [5.74, 6) is -0.164. The first-order valence-corrected chi connectivity index (χ1v) is 8.70. The molecule has 0 bridgehead atoms. The van der Waals surface area contributed by atoms with Gasteiger partial charge in [-0.3, -0.25) is 0 Å². The molecule has 2 heterocycles. The molecule has 0 saturated carbocycles. The molecule has 4 heteroatoms. The van der Waals surface area contributed by atoms with Gasteiger partial charge in [-0.1, -0.05) is 19.1 Å². The van der Waals surface area contributed by atoms with Gasteiger partial charge in [0.05, 0.1) is 4.21 Å². The molecule has 0 fully saturated rings. The smallest absolute Gasteiger partial charge is 0.123 e. The fraction of sp³-hybridized carbons (Fsp3) is 0.375. The molecule has 2 atom stereocenters. The van der Waals surface area contributed by atoms with Gasteiger partial charge in [-0.15, -0.1) is 23.1 Å². The van der Waals surface area contributed by atoms with Crippen LogP contribution in [0.4, 0.5) is 4.39 Å². The normalized spacial score (nSPS) is 21.7. The number of hydrogen-bond donors (Lipinski definition) is 1. The van der Waals surface area contributed by atoms with Crippen molar-refractivity contribution in [3.05, 3.63) is 52.7 Å². The van der Waals surface area contributed by atoms with Crippen molar-refractivity contribution in [2.45, 2.75) is 35.3 Å². The molecule has 0 spiro atoms. The third kappa shape index (κ3) is 3.25. The lowest BCUT2D eigenvalue weighted by molar-refractivity contribution is 0.492. The highest BCUT2D eigenvalue weighted by Gasteiger charge is 2.25. The van der Waals surface area contributed by atoms with E-state index in [0.717, 1.165) is 13.0 Å². The van der Waals surface area contributed by atoms with Gasteiger partial charge in [0, 0.05) is 11.3 Å².